The number of thiocarbonyl (C=S) groups is 1. The fourth-order valence-corrected chi connectivity index (χ4v) is 3.99. The molecule has 1 fully saturated rings. The first-order valence-electron chi connectivity index (χ1n) is 8.16. The number of fused-ring (bicyclic) bond motifs is 1. The number of pyridine rings is 1. The van der Waals surface area contributed by atoms with Crippen LogP contribution in [0.15, 0.2) is 30.7 Å². The smallest absolute Gasteiger partial charge is 0.320 e. The molecule has 24 heavy (non-hydrogen) atoms. The molecule has 2 aromatic rings. The Labute approximate surface area is 146 Å². The summed E-state index contributed by atoms with van der Waals surface area (Å²) in [6.45, 7) is -0.126. The summed E-state index contributed by atoms with van der Waals surface area (Å²) in [7, 11) is 1.82. The van der Waals surface area contributed by atoms with Crippen molar-refractivity contribution < 1.29 is 9.53 Å². The Morgan fingerprint density at radius 2 is 2.38 bits per heavy atom. The molecule has 1 aliphatic rings. The Bertz CT molecular complexity index is 760. The zero-order valence-electron chi connectivity index (χ0n) is 13.7. The van der Waals surface area contributed by atoms with Crippen LogP contribution < -0.4 is 11.1 Å². The third kappa shape index (κ3) is 2.78. The summed E-state index contributed by atoms with van der Waals surface area (Å²) in [5.74, 6) is -0.395. The third-order valence-electron chi connectivity index (χ3n) is 4.81. The first kappa shape index (κ1) is 16.9. The van der Waals surface area contributed by atoms with Gasteiger partial charge in [0.2, 0.25) is 0 Å². The highest BCUT2D eigenvalue weighted by Crippen LogP contribution is 2.42. The molecule has 1 aliphatic carbocycles. The van der Waals surface area contributed by atoms with E-state index in [-0.39, 0.29) is 12.6 Å². The van der Waals surface area contributed by atoms with E-state index in [0.717, 1.165) is 36.9 Å². The summed E-state index contributed by atoms with van der Waals surface area (Å²) in [5.41, 5.74) is 6.81. The van der Waals surface area contributed by atoms with E-state index in [1.165, 1.54) is 0 Å². The van der Waals surface area contributed by atoms with E-state index in [1.807, 2.05) is 36.0 Å². The molecule has 0 unspecified atom stereocenters. The van der Waals surface area contributed by atoms with E-state index in [0.29, 0.717) is 4.99 Å². The maximum atomic E-state index is 11.9. The van der Waals surface area contributed by atoms with E-state index in [1.54, 1.807) is 6.20 Å². The normalized spacial score (nSPS) is 23.8. The number of carbonyl (C=O) groups excluding carboxylic acids is 1. The summed E-state index contributed by atoms with van der Waals surface area (Å²) in [6, 6.07) is 3.99. The quantitative estimate of drug-likeness (QED) is 0.646. The van der Waals surface area contributed by atoms with Gasteiger partial charge in [-0.2, -0.15) is 0 Å². The highest BCUT2D eigenvalue weighted by Gasteiger charge is 2.48. The first-order valence-corrected chi connectivity index (χ1v) is 8.57. The van der Waals surface area contributed by atoms with Crippen molar-refractivity contribution >= 4 is 28.8 Å². The van der Waals surface area contributed by atoms with Crippen LogP contribution in [0.1, 0.15) is 31.2 Å². The molecule has 2 heterocycles. The van der Waals surface area contributed by atoms with Gasteiger partial charge in [-0.05, 0) is 30.9 Å². The minimum atomic E-state index is -0.536. The molecule has 3 N–H and O–H groups in total. The predicted octanol–water partition coefficient (Wildman–Crippen LogP) is 1.56. The second-order valence-electron chi connectivity index (χ2n) is 6.09. The molecule has 0 amide bonds. The number of aromatic nitrogens is 2. The van der Waals surface area contributed by atoms with Crippen molar-refractivity contribution in [1.82, 2.24) is 14.7 Å². The molecule has 0 aromatic carbocycles. The molecule has 6 nitrogen and oxygen atoms in total. The van der Waals surface area contributed by atoms with Gasteiger partial charge in [-0.25, -0.2) is 4.98 Å². The lowest BCUT2D eigenvalue weighted by atomic mass is 9.67. The average molecular weight is 346 g/mol. The standard InChI is InChI=1S/C17H22N4O2S/c1-19-16(24)17(7-3-2-4-13(17)23-15(22)10-18)12-5-6-14-20-8-9-21(14)11-12/h5-6,8-9,11,13H,2-4,7,10,18H2,1H3,(H,19,24)/t13-,17+/m1/s1. The number of esters is 1. The molecule has 0 bridgehead atoms. The number of likely N-dealkylation sites (N-methyl/N-ethyl adjacent to an activating group) is 1. The van der Waals surface area contributed by atoms with Gasteiger partial charge in [-0.3, -0.25) is 4.79 Å². The Hall–Kier alpha value is -1.99. The lowest BCUT2D eigenvalue weighted by Crippen LogP contribution is -2.54. The number of ether oxygens (including phenoxy) is 1. The van der Waals surface area contributed by atoms with E-state index >= 15 is 0 Å². The van der Waals surface area contributed by atoms with Gasteiger partial charge >= 0.3 is 5.97 Å². The van der Waals surface area contributed by atoms with Crippen LogP contribution in [0.5, 0.6) is 0 Å². The fraction of sp³-hybridized carbons (Fsp3) is 0.471. The molecule has 0 spiro atoms. The summed E-state index contributed by atoms with van der Waals surface area (Å²) < 4.78 is 7.68. The molecule has 2 aromatic heterocycles. The van der Waals surface area contributed by atoms with Crippen molar-refractivity contribution in [3.05, 3.63) is 36.3 Å². The molecule has 0 aliphatic heterocycles. The Morgan fingerprint density at radius 3 is 3.12 bits per heavy atom. The number of hydrogen-bond donors (Lipinski definition) is 2. The topological polar surface area (TPSA) is 81.7 Å². The zero-order valence-corrected chi connectivity index (χ0v) is 14.5. The lowest BCUT2D eigenvalue weighted by molar-refractivity contribution is -0.151. The van der Waals surface area contributed by atoms with E-state index in [4.69, 9.17) is 22.7 Å². The van der Waals surface area contributed by atoms with Crippen LogP contribution >= 0.6 is 12.2 Å². The molecular formula is C17H22N4O2S. The number of imidazole rings is 1. The molecule has 2 atom stereocenters. The van der Waals surface area contributed by atoms with Crippen LogP contribution in [-0.2, 0) is 14.9 Å². The van der Waals surface area contributed by atoms with E-state index in [9.17, 15) is 4.79 Å². The highest BCUT2D eigenvalue weighted by molar-refractivity contribution is 7.80. The largest absolute Gasteiger partial charge is 0.460 e. The molecule has 128 valence electrons. The minimum absolute atomic E-state index is 0.126. The van der Waals surface area contributed by atoms with Gasteiger partial charge in [0.25, 0.3) is 0 Å². The van der Waals surface area contributed by atoms with E-state index in [2.05, 4.69) is 10.3 Å². The number of rotatable bonds is 4. The predicted molar refractivity (Wildman–Crippen MR) is 95.9 cm³/mol. The second-order valence-corrected chi connectivity index (χ2v) is 6.50. The van der Waals surface area contributed by atoms with Gasteiger partial charge < -0.3 is 20.2 Å². The van der Waals surface area contributed by atoms with Gasteiger partial charge in [0.1, 0.15) is 11.8 Å². The van der Waals surface area contributed by atoms with Crippen LogP contribution in [0.4, 0.5) is 0 Å². The lowest BCUT2D eigenvalue weighted by Gasteiger charge is -2.44. The Balaban J connectivity index is 2.10. The van der Waals surface area contributed by atoms with Crippen LogP contribution in [0.3, 0.4) is 0 Å². The summed E-state index contributed by atoms with van der Waals surface area (Å²) >= 11 is 5.68. The van der Waals surface area contributed by atoms with Crippen LogP contribution in [0.2, 0.25) is 0 Å². The molecule has 7 heteroatoms. The molecule has 1 saturated carbocycles. The van der Waals surface area contributed by atoms with Crippen molar-refractivity contribution in [2.45, 2.75) is 37.2 Å². The monoisotopic (exact) mass is 346 g/mol. The SMILES string of the molecule is CNC(=S)[C@]1(c2ccc3nccn3c2)CCCC[C@H]1OC(=O)CN. The van der Waals surface area contributed by atoms with Gasteiger partial charge in [0, 0.05) is 25.6 Å². The summed E-state index contributed by atoms with van der Waals surface area (Å²) in [5, 5.41) is 3.12. The highest BCUT2D eigenvalue weighted by atomic mass is 32.1. The maximum absolute atomic E-state index is 11.9. The molecular weight excluding hydrogens is 324 g/mol. The fourth-order valence-electron chi connectivity index (χ4n) is 3.64. The van der Waals surface area contributed by atoms with Crippen molar-refractivity contribution in [1.29, 1.82) is 0 Å². The second kappa shape index (κ2) is 6.86. The molecule has 3 rings (SSSR count). The van der Waals surface area contributed by atoms with Crippen LogP contribution in [0.25, 0.3) is 5.65 Å². The molecule has 0 saturated heterocycles. The van der Waals surface area contributed by atoms with Gasteiger partial charge in [-0.15, -0.1) is 0 Å². The van der Waals surface area contributed by atoms with Crippen molar-refractivity contribution in [2.24, 2.45) is 5.73 Å². The van der Waals surface area contributed by atoms with Crippen molar-refractivity contribution in [3.63, 3.8) is 0 Å². The summed E-state index contributed by atoms with van der Waals surface area (Å²) in [6.07, 6.45) is 9.01. The number of hydrogen-bond acceptors (Lipinski definition) is 5. The third-order valence-corrected chi connectivity index (χ3v) is 5.38. The number of nitrogens with two attached hydrogens (primary N) is 1. The number of nitrogens with one attached hydrogen (secondary N) is 1. The maximum Gasteiger partial charge on any atom is 0.320 e. The van der Waals surface area contributed by atoms with Crippen molar-refractivity contribution in [2.75, 3.05) is 13.6 Å². The number of nitrogens with zero attached hydrogens (tertiary/aromatic N) is 2. The van der Waals surface area contributed by atoms with Gasteiger partial charge in [0.05, 0.1) is 16.9 Å². The Morgan fingerprint density at radius 1 is 1.54 bits per heavy atom. The Kier molecular flexibility index (Phi) is 4.82. The van der Waals surface area contributed by atoms with Crippen molar-refractivity contribution in [3.8, 4) is 0 Å². The van der Waals surface area contributed by atoms with Crippen LogP contribution in [-0.4, -0.2) is 40.0 Å². The average Bonchev–Trinajstić information content (AvgIpc) is 3.09. The number of carbonyl (C=O) groups is 1. The molecule has 0 radical (unpaired) electrons. The van der Waals surface area contributed by atoms with Crippen LogP contribution in [0, 0.1) is 0 Å². The zero-order chi connectivity index (χ0) is 17.2. The minimum Gasteiger partial charge on any atom is -0.460 e. The summed E-state index contributed by atoms with van der Waals surface area (Å²) in [4.78, 5) is 16.8. The van der Waals surface area contributed by atoms with E-state index < -0.39 is 11.4 Å². The van der Waals surface area contributed by atoms with Gasteiger partial charge in [0.15, 0.2) is 0 Å². The first-order chi connectivity index (χ1) is 11.6. The van der Waals surface area contributed by atoms with Gasteiger partial charge in [-0.1, -0.05) is 24.7 Å².